The highest BCUT2D eigenvalue weighted by Gasteiger charge is 2.22. The van der Waals surface area contributed by atoms with Gasteiger partial charge in [0.05, 0.1) is 24.1 Å². The molecule has 0 aliphatic rings. The lowest BCUT2D eigenvalue weighted by atomic mass is 10.2. The number of carbonyl (C=O) groups excluding carboxylic acids is 1. The maximum Gasteiger partial charge on any atom is 0.357 e. The molecule has 0 radical (unpaired) electrons. The van der Waals surface area contributed by atoms with Crippen LogP contribution >= 0.6 is 11.3 Å². The van der Waals surface area contributed by atoms with Gasteiger partial charge < -0.3 is 15.0 Å². The minimum absolute atomic E-state index is 0.0963. The number of hydrogen-bond donors (Lipinski definition) is 1. The fourth-order valence-corrected chi connectivity index (χ4v) is 3.79. The maximum atomic E-state index is 12.2. The standard InChI is InChI=1S/C21H15N5O2S/c1-28-21(27)19-18(23)15(10-22)11-26(19)16-4-2-3-14(9-16)20-25-17(12-29-20)13-5-7-24-8-6-13/h2-9,11-12H,23H2,1H3. The van der Waals surface area contributed by atoms with E-state index in [0.29, 0.717) is 5.69 Å². The molecule has 0 bridgehead atoms. The number of nitriles is 1. The predicted octanol–water partition coefficient (Wildman–Crippen LogP) is 3.90. The Morgan fingerprint density at radius 2 is 2.03 bits per heavy atom. The lowest BCUT2D eigenvalue weighted by molar-refractivity contribution is 0.0593. The third-order valence-electron chi connectivity index (χ3n) is 4.40. The van der Waals surface area contributed by atoms with Crippen molar-refractivity contribution in [1.29, 1.82) is 5.26 Å². The Kier molecular flexibility index (Phi) is 4.81. The molecule has 3 aromatic heterocycles. The van der Waals surface area contributed by atoms with Gasteiger partial charge in [-0.25, -0.2) is 9.78 Å². The van der Waals surface area contributed by atoms with Gasteiger partial charge in [0.25, 0.3) is 0 Å². The fourth-order valence-electron chi connectivity index (χ4n) is 2.97. The molecule has 2 N–H and O–H groups in total. The van der Waals surface area contributed by atoms with Crippen molar-refractivity contribution < 1.29 is 9.53 Å². The normalized spacial score (nSPS) is 10.5. The first kappa shape index (κ1) is 18.4. The zero-order valence-corrected chi connectivity index (χ0v) is 16.2. The lowest BCUT2D eigenvalue weighted by Crippen LogP contribution is -2.11. The summed E-state index contributed by atoms with van der Waals surface area (Å²) in [7, 11) is 1.28. The molecule has 0 fully saturated rings. The number of ether oxygens (including phenoxy) is 1. The highest BCUT2D eigenvalue weighted by Crippen LogP contribution is 2.31. The Bertz CT molecular complexity index is 1240. The Morgan fingerprint density at radius 3 is 2.76 bits per heavy atom. The average Bonchev–Trinajstić information content (AvgIpc) is 3.39. The summed E-state index contributed by atoms with van der Waals surface area (Å²) in [6, 6.07) is 13.3. The van der Waals surface area contributed by atoms with Crippen LogP contribution in [0.4, 0.5) is 5.69 Å². The van der Waals surface area contributed by atoms with Crippen molar-refractivity contribution in [3.05, 3.63) is 71.6 Å². The van der Waals surface area contributed by atoms with Crippen molar-refractivity contribution in [3.63, 3.8) is 0 Å². The molecular weight excluding hydrogens is 386 g/mol. The minimum atomic E-state index is -0.608. The number of nitrogens with zero attached hydrogens (tertiary/aromatic N) is 4. The Hall–Kier alpha value is -3.96. The van der Waals surface area contributed by atoms with E-state index in [1.807, 2.05) is 47.8 Å². The summed E-state index contributed by atoms with van der Waals surface area (Å²) in [5.41, 5.74) is 9.83. The molecule has 7 nitrogen and oxygen atoms in total. The van der Waals surface area contributed by atoms with Gasteiger partial charge in [0.2, 0.25) is 0 Å². The van der Waals surface area contributed by atoms with E-state index in [1.54, 1.807) is 17.0 Å². The van der Waals surface area contributed by atoms with Gasteiger partial charge in [-0.05, 0) is 24.3 Å². The molecule has 142 valence electrons. The van der Waals surface area contributed by atoms with Gasteiger partial charge in [0.1, 0.15) is 11.1 Å². The van der Waals surface area contributed by atoms with Crippen LogP contribution in [0, 0.1) is 11.3 Å². The van der Waals surface area contributed by atoms with E-state index in [2.05, 4.69) is 4.98 Å². The van der Waals surface area contributed by atoms with E-state index in [-0.39, 0.29) is 16.9 Å². The van der Waals surface area contributed by atoms with Gasteiger partial charge in [-0.2, -0.15) is 5.26 Å². The summed E-state index contributed by atoms with van der Waals surface area (Å²) in [4.78, 5) is 21.0. The Morgan fingerprint density at radius 1 is 1.24 bits per heavy atom. The van der Waals surface area contributed by atoms with Gasteiger partial charge in [-0.1, -0.05) is 12.1 Å². The third kappa shape index (κ3) is 3.35. The van der Waals surface area contributed by atoms with Crippen LogP contribution in [-0.4, -0.2) is 27.6 Å². The second-order valence-electron chi connectivity index (χ2n) is 6.10. The number of aromatic nitrogens is 3. The second kappa shape index (κ2) is 7.58. The van der Waals surface area contributed by atoms with Crippen LogP contribution < -0.4 is 5.73 Å². The number of pyridine rings is 1. The van der Waals surface area contributed by atoms with Gasteiger partial charge in [-0.3, -0.25) is 4.98 Å². The van der Waals surface area contributed by atoms with Crippen LogP contribution in [0.3, 0.4) is 0 Å². The molecule has 29 heavy (non-hydrogen) atoms. The first-order valence-corrected chi connectivity index (χ1v) is 9.46. The van der Waals surface area contributed by atoms with E-state index in [1.165, 1.54) is 24.6 Å². The smallest absolute Gasteiger partial charge is 0.357 e. The van der Waals surface area contributed by atoms with Gasteiger partial charge in [-0.15, -0.1) is 11.3 Å². The largest absolute Gasteiger partial charge is 0.464 e. The molecule has 3 heterocycles. The van der Waals surface area contributed by atoms with Crippen molar-refractivity contribution in [2.45, 2.75) is 0 Å². The number of esters is 1. The summed E-state index contributed by atoms with van der Waals surface area (Å²) < 4.78 is 6.41. The molecule has 0 spiro atoms. The molecule has 0 aliphatic heterocycles. The van der Waals surface area contributed by atoms with Gasteiger partial charge in [0, 0.05) is 40.8 Å². The first-order valence-electron chi connectivity index (χ1n) is 8.58. The Labute approximate surface area is 170 Å². The van der Waals surface area contributed by atoms with Crippen LogP contribution in [0.2, 0.25) is 0 Å². The van der Waals surface area contributed by atoms with Crippen LogP contribution in [0.15, 0.2) is 60.4 Å². The summed E-state index contributed by atoms with van der Waals surface area (Å²) in [5, 5.41) is 12.1. The highest BCUT2D eigenvalue weighted by atomic mass is 32.1. The summed E-state index contributed by atoms with van der Waals surface area (Å²) in [5.74, 6) is -0.608. The minimum Gasteiger partial charge on any atom is -0.464 e. The molecule has 0 amide bonds. The maximum absolute atomic E-state index is 12.2. The number of methoxy groups -OCH3 is 1. The van der Waals surface area contributed by atoms with Crippen LogP contribution in [0.25, 0.3) is 27.5 Å². The van der Waals surface area contributed by atoms with E-state index in [4.69, 9.17) is 15.5 Å². The number of hydrogen-bond acceptors (Lipinski definition) is 7. The average molecular weight is 401 g/mol. The second-order valence-corrected chi connectivity index (χ2v) is 6.96. The summed E-state index contributed by atoms with van der Waals surface area (Å²) in [6.45, 7) is 0. The van der Waals surface area contributed by atoms with Crippen molar-refractivity contribution in [2.24, 2.45) is 0 Å². The lowest BCUT2D eigenvalue weighted by Gasteiger charge is -2.09. The number of carbonyl (C=O) groups is 1. The van der Waals surface area contributed by atoms with Crippen LogP contribution in [0.1, 0.15) is 16.1 Å². The van der Waals surface area contributed by atoms with Crippen molar-refractivity contribution in [1.82, 2.24) is 14.5 Å². The molecular formula is C21H15N5O2S. The molecule has 4 aromatic rings. The zero-order chi connectivity index (χ0) is 20.4. The highest BCUT2D eigenvalue weighted by molar-refractivity contribution is 7.13. The third-order valence-corrected chi connectivity index (χ3v) is 5.29. The summed E-state index contributed by atoms with van der Waals surface area (Å²) in [6.07, 6.45) is 4.99. The molecule has 8 heteroatoms. The number of benzene rings is 1. The molecule has 0 saturated carbocycles. The molecule has 0 unspecified atom stereocenters. The Balaban J connectivity index is 1.77. The first-order chi connectivity index (χ1) is 14.1. The van der Waals surface area contributed by atoms with Crippen molar-refractivity contribution in [3.8, 4) is 33.6 Å². The summed E-state index contributed by atoms with van der Waals surface area (Å²) >= 11 is 1.52. The van der Waals surface area contributed by atoms with Gasteiger partial charge >= 0.3 is 5.97 Å². The molecule has 1 aromatic carbocycles. The molecule has 0 aliphatic carbocycles. The number of rotatable bonds is 4. The van der Waals surface area contributed by atoms with E-state index < -0.39 is 5.97 Å². The molecule has 0 saturated heterocycles. The number of thiazole rings is 1. The quantitative estimate of drug-likeness (QED) is 0.520. The van der Waals surface area contributed by atoms with Crippen molar-refractivity contribution in [2.75, 3.05) is 12.8 Å². The van der Waals surface area contributed by atoms with Crippen LogP contribution in [-0.2, 0) is 4.74 Å². The topological polar surface area (TPSA) is 107 Å². The van der Waals surface area contributed by atoms with E-state index >= 15 is 0 Å². The fraction of sp³-hybridized carbons (Fsp3) is 0.0476. The number of anilines is 1. The van der Waals surface area contributed by atoms with Gasteiger partial charge in [0.15, 0.2) is 5.69 Å². The predicted molar refractivity (Wildman–Crippen MR) is 111 cm³/mol. The molecule has 0 atom stereocenters. The van der Waals surface area contributed by atoms with Crippen LogP contribution in [0.5, 0.6) is 0 Å². The molecule has 4 rings (SSSR count). The monoisotopic (exact) mass is 401 g/mol. The number of nitrogen functional groups attached to an aromatic ring is 1. The van der Waals surface area contributed by atoms with Crippen molar-refractivity contribution >= 4 is 23.0 Å². The van der Waals surface area contributed by atoms with E-state index in [9.17, 15) is 10.1 Å². The number of nitrogens with two attached hydrogens (primary N) is 1. The SMILES string of the molecule is COC(=O)c1c(N)c(C#N)cn1-c1cccc(-c2nc(-c3ccncc3)cs2)c1. The van der Waals surface area contributed by atoms with E-state index in [0.717, 1.165) is 21.8 Å². The zero-order valence-electron chi connectivity index (χ0n) is 15.4.